The molecule has 0 aliphatic carbocycles. The third-order valence-electron chi connectivity index (χ3n) is 3.73. The molecule has 0 saturated carbocycles. The highest BCUT2D eigenvalue weighted by atomic mass is 35.5. The highest BCUT2D eigenvalue weighted by molar-refractivity contribution is 7.10. The second-order valence-electron chi connectivity index (χ2n) is 5.08. The molecular formula is C14H17ClN4OS. The molecule has 1 aliphatic heterocycles. The van der Waals surface area contributed by atoms with E-state index in [1.807, 2.05) is 0 Å². The fourth-order valence-electron chi connectivity index (χ4n) is 2.66. The van der Waals surface area contributed by atoms with Crippen LogP contribution in [-0.4, -0.2) is 34.7 Å². The van der Waals surface area contributed by atoms with Crippen LogP contribution in [0.1, 0.15) is 23.8 Å². The van der Waals surface area contributed by atoms with Gasteiger partial charge in [0.2, 0.25) is 0 Å². The zero-order valence-corrected chi connectivity index (χ0v) is 13.1. The molecule has 1 saturated heterocycles. The van der Waals surface area contributed by atoms with Crippen molar-refractivity contribution in [2.75, 3.05) is 25.0 Å². The van der Waals surface area contributed by atoms with E-state index in [9.17, 15) is 4.79 Å². The quantitative estimate of drug-likeness (QED) is 0.887. The topological polar surface area (TPSA) is 61.0 Å². The zero-order valence-electron chi connectivity index (χ0n) is 11.5. The largest absolute Gasteiger partial charge is 0.380 e. The standard InChI is InChI=1S/C14H17ClN4OS/c15-13-10(8-17-18-14(13)20)16-9-11(12-4-3-7-21-12)19-5-1-2-6-19/h3-4,7-8,11H,1-2,5-6,9H2,(H2,16,18,20). The van der Waals surface area contributed by atoms with Gasteiger partial charge in [-0.05, 0) is 37.4 Å². The molecule has 3 heterocycles. The fourth-order valence-corrected chi connectivity index (χ4v) is 3.68. The Bertz CT molecular complexity index is 637. The molecule has 0 bridgehead atoms. The maximum atomic E-state index is 11.5. The van der Waals surface area contributed by atoms with E-state index in [-0.39, 0.29) is 10.6 Å². The Morgan fingerprint density at radius 1 is 1.48 bits per heavy atom. The van der Waals surface area contributed by atoms with Crippen LogP contribution in [0.15, 0.2) is 28.5 Å². The van der Waals surface area contributed by atoms with Gasteiger partial charge in [0.1, 0.15) is 5.02 Å². The van der Waals surface area contributed by atoms with Crippen LogP contribution in [0.3, 0.4) is 0 Å². The molecule has 21 heavy (non-hydrogen) atoms. The summed E-state index contributed by atoms with van der Waals surface area (Å²) in [6.07, 6.45) is 4.05. The number of aromatic amines is 1. The summed E-state index contributed by atoms with van der Waals surface area (Å²) in [7, 11) is 0. The molecule has 2 N–H and O–H groups in total. The summed E-state index contributed by atoms with van der Waals surface area (Å²) < 4.78 is 0. The predicted octanol–water partition coefficient (Wildman–Crippen LogP) is 2.73. The summed E-state index contributed by atoms with van der Waals surface area (Å²) in [6.45, 7) is 2.95. The summed E-state index contributed by atoms with van der Waals surface area (Å²) in [5.74, 6) is 0. The monoisotopic (exact) mass is 324 g/mol. The Balaban J connectivity index is 1.76. The van der Waals surface area contributed by atoms with Crippen LogP contribution in [0.2, 0.25) is 5.02 Å². The SMILES string of the molecule is O=c1[nH]ncc(NCC(c2cccs2)N2CCCC2)c1Cl. The third kappa shape index (κ3) is 3.28. The molecular weight excluding hydrogens is 308 g/mol. The molecule has 0 amide bonds. The van der Waals surface area contributed by atoms with Crippen molar-refractivity contribution >= 4 is 28.6 Å². The lowest BCUT2D eigenvalue weighted by Gasteiger charge is -2.27. The van der Waals surface area contributed by atoms with E-state index in [4.69, 9.17) is 11.6 Å². The Kier molecular flexibility index (Phi) is 4.57. The van der Waals surface area contributed by atoms with E-state index >= 15 is 0 Å². The lowest BCUT2D eigenvalue weighted by Crippen LogP contribution is -2.30. The van der Waals surface area contributed by atoms with E-state index < -0.39 is 0 Å². The molecule has 112 valence electrons. The molecule has 3 rings (SSSR count). The lowest BCUT2D eigenvalue weighted by atomic mass is 10.2. The van der Waals surface area contributed by atoms with E-state index in [0.29, 0.717) is 18.3 Å². The number of nitrogens with zero attached hydrogens (tertiary/aromatic N) is 2. The van der Waals surface area contributed by atoms with Gasteiger partial charge in [0.15, 0.2) is 0 Å². The first-order chi connectivity index (χ1) is 10.3. The van der Waals surface area contributed by atoms with Gasteiger partial charge in [0.05, 0.1) is 17.9 Å². The van der Waals surface area contributed by atoms with Gasteiger partial charge in [0.25, 0.3) is 5.56 Å². The molecule has 1 aliphatic rings. The maximum Gasteiger partial charge on any atom is 0.285 e. The van der Waals surface area contributed by atoms with Crippen LogP contribution in [0.4, 0.5) is 5.69 Å². The smallest absolute Gasteiger partial charge is 0.285 e. The van der Waals surface area contributed by atoms with Crippen molar-refractivity contribution in [1.82, 2.24) is 15.1 Å². The van der Waals surface area contributed by atoms with E-state index in [1.54, 1.807) is 17.5 Å². The Labute approximate surface area is 131 Å². The minimum atomic E-state index is -0.365. The number of thiophene rings is 1. The minimum absolute atomic E-state index is 0.163. The molecule has 7 heteroatoms. The van der Waals surface area contributed by atoms with Crippen LogP contribution in [-0.2, 0) is 0 Å². The van der Waals surface area contributed by atoms with Gasteiger partial charge >= 0.3 is 0 Å². The molecule has 1 atom stereocenters. The number of hydrogen-bond donors (Lipinski definition) is 2. The number of anilines is 1. The first-order valence-electron chi connectivity index (χ1n) is 7.00. The third-order valence-corrected chi connectivity index (χ3v) is 5.08. The predicted molar refractivity (Wildman–Crippen MR) is 86.2 cm³/mol. The summed E-state index contributed by atoms with van der Waals surface area (Å²) in [6, 6.07) is 4.54. The normalized spacial score (nSPS) is 17.0. The lowest BCUT2D eigenvalue weighted by molar-refractivity contribution is 0.259. The summed E-state index contributed by atoms with van der Waals surface area (Å²) in [5, 5.41) is 11.6. The summed E-state index contributed by atoms with van der Waals surface area (Å²) in [4.78, 5) is 15.3. The molecule has 1 fully saturated rings. The molecule has 1 unspecified atom stereocenters. The van der Waals surface area contributed by atoms with Crippen molar-refractivity contribution in [2.24, 2.45) is 0 Å². The highest BCUT2D eigenvalue weighted by Gasteiger charge is 2.24. The van der Waals surface area contributed by atoms with Crippen molar-refractivity contribution in [3.63, 3.8) is 0 Å². The summed E-state index contributed by atoms with van der Waals surface area (Å²) in [5.41, 5.74) is 0.219. The second-order valence-corrected chi connectivity index (χ2v) is 6.44. The molecule has 0 radical (unpaired) electrons. The van der Waals surface area contributed by atoms with E-state index in [0.717, 1.165) is 13.1 Å². The maximum absolute atomic E-state index is 11.5. The van der Waals surface area contributed by atoms with Gasteiger partial charge in [-0.3, -0.25) is 9.69 Å². The van der Waals surface area contributed by atoms with Gasteiger partial charge in [-0.1, -0.05) is 17.7 Å². The number of nitrogens with one attached hydrogen (secondary N) is 2. The second kappa shape index (κ2) is 6.60. The van der Waals surface area contributed by atoms with Crippen molar-refractivity contribution in [2.45, 2.75) is 18.9 Å². The van der Waals surface area contributed by atoms with Crippen molar-refractivity contribution < 1.29 is 0 Å². The molecule has 0 aromatic carbocycles. The van der Waals surface area contributed by atoms with Crippen LogP contribution < -0.4 is 10.9 Å². The number of aromatic nitrogens is 2. The van der Waals surface area contributed by atoms with Gasteiger partial charge in [0, 0.05) is 11.4 Å². The number of halogens is 1. The van der Waals surface area contributed by atoms with Gasteiger partial charge in [-0.25, -0.2) is 5.10 Å². The zero-order chi connectivity index (χ0) is 14.7. The number of hydrogen-bond acceptors (Lipinski definition) is 5. The van der Waals surface area contributed by atoms with Crippen LogP contribution >= 0.6 is 22.9 Å². The van der Waals surface area contributed by atoms with Gasteiger partial charge in [-0.15, -0.1) is 11.3 Å². The molecule has 0 spiro atoms. The number of H-pyrrole nitrogens is 1. The van der Waals surface area contributed by atoms with E-state index in [1.165, 1.54) is 17.7 Å². The Morgan fingerprint density at radius 3 is 3.00 bits per heavy atom. The van der Waals surface area contributed by atoms with Crippen molar-refractivity contribution in [3.05, 3.63) is 44.0 Å². The molecule has 2 aromatic heterocycles. The van der Waals surface area contributed by atoms with Crippen LogP contribution in [0.25, 0.3) is 0 Å². The fraction of sp³-hybridized carbons (Fsp3) is 0.429. The molecule has 5 nitrogen and oxygen atoms in total. The van der Waals surface area contributed by atoms with Crippen LogP contribution in [0, 0.1) is 0 Å². The average molecular weight is 325 g/mol. The number of rotatable bonds is 5. The molecule has 2 aromatic rings. The average Bonchev–Trinajstić information content (AvgIpc) is 3.17. The van der Waals surface area contributed by atoms with Gasteiger partial charge < -0.3 is 5.32 Å². The van der Waals surface area contributed by atoms with Crippen LogP contribution in [0.5, 0.6) is 0 Å². The van der Waals surface area contributed by atoms with Crippen molar-refractivity contribution in [1.29, 1.82) is 0 Å². The first-order valence-corrected chi connectivity index (χ1v) is 8.26. The Morgan fingerprint density at radius 2 is 2.29 bits per heavy atom. The van der Waals surface area contributed by atoms with Crippen molar-refractivity contribution in [3.8, 4) is 0 Å². The van der Waals surface area contributed by atoms with Gasteiger partial charge in [-0.2, -0.15) is 5.10 Å². The highest BCUT2D eigenvalue weighted by Crippen LogP contribution is 2.29. The number of likely N-dealkylation sites (tertiary alicyclic amines) is 1. The Hall–Kier alpha value is -1.37. The first kappa shape index (κ1) is 14.6. The minimum Gasteiger partial charge on any atom is -0.380 e. The summed E-state index contributed by atoms with van der Waals surface area (Å²) >= 11 is 7.77. The van der Waals surface area contributed by atoms with E-state index in [2.05, 4.69) is 37.9 Å².